The molecule has 0 saturated heterocycles. The number of nitrogens with one attached hydrogen (secondary N) is 2. The smallest absolute Gasteiger partial charge is 0.261 e. The van der Waals surface area contributed by atoms with Gasteiger partial charge in [-0.3, -0.25) is 14.4 Å². The molecule has 174 valence electrons. The molecule has 34 heavy (non-hydrogen) atoms. The minimum atomic E-state index is -0.676. The molecule has 2 amide bonds. The fourth-order valence-corrected chi connectivity index (χ4v) is 3.29. The Morgan fingerprint density at radius 1 is 1.15 bits per heavy atom. The number of hydrogen-bond acceptors (Lipinski definition) is 8. The van der Waals surface area contributed by atoms with E-state index < -0.39 is 11.8 Å². The molecule has 0 aliphatic heterocycles. The lowest BCUT2D eigenvalue weighted by Gasteiger charge is -2.16. The maximum absolute atomic E-state index is 13.1. The van der Waals surface area contributed by atoms with Gasteiger partial charge in [0.15, 0.2) is 23.8 Å². The summed E-state index contributed by atoms with van der Waals surface area (Å²) in [7, 11) is 2.78. The van der Waals surface area contributed by atoms with Gasteiger partial charge in [0.1, 0.15) is 5.39 Å². The molecular weight excluding hydrogens is 444 g/mol. The Morgan fingerprint density at radius 2 is 1.85 bits per heavy atom. The molecule has 0 spiro atoms. The number of anilines is 1. The van der Waals surface area contributed by atoms with Crippen LogP contribution in [0.1, 0.15) is 10.4 Å². The van der Waals surface area contributed by atoms with E-state index in [1.807, 2.05) is 0 Å². The van der Waals surface area contributed by atoms with E-state index in [4.69, 9.17) is 19.9 Å². The number of nitrogens with two attached hydrogens (primary N) is 1. The zero-order valence-electron chi connectivity index (χ0n) is 18.2. The monoisotopic (exact) mass is 464 g/mol. The van der Waals surface area contributed by atoms with Crippen molar-refractivity contribution < 1.29 is 23.8 Å². The van der Waals surface area contributed by atoms with Gasteiger partial charge in [-0.15, -0.1) is 0 Å². The van der Waals surface area contributed by atoms with Crippen LogP contribution in [-0.4, -0.2) is 52.4 Å². The van der Waals surface area contributed by atoms with E-state index in [1.54, 1.807) is 24.3 Å². The Labute approximate surface area is 192 Å². The fraction of sp³-hybridized carbons (Fsp3) is 0.136. The van der Waals surface area contributed by atoms with Gasteiger partial charge in [0.25, 0.3) is 17.4 Å². The van der Waals surface area contributed by atoms with Crippen molar-refractivity contribution in [2.24, 2.45) is 5.73 Å². The van der Waals surface area contributed by atoms with E-state index >= 15 is 0 Å². The number of ether oxygens (including phenoxy) is 3. The molecule has 4 rings (SSSR count). The van der Waals surface area contributed by atoms with Gasteiger partial charge in [0.2, 0.25) is 5.75 Å². The van der Waals surface area contributed by atoms with Crippen LogP contribution in [0, 0.1) is 0 Å². The van der Waals surface area contributed by atoms with E-state index in [2.05, 4.69) is 20.4 Å². The topological polar surface area (TPSA) is 163 Å². The number of aromatic amines is 1. The molecule has 0 aliphatic rings. The molecule has 0 aliphatic carbocycles. The van der Waals surface area contributed by atoms with E-state index in [0.717, 1.165) is 0 Å². The fourth-order valence-electron chi connectivity index (χ4n) is 3.29. The van der Waals surface area contributed by atoms with Crippen molar-refractivity contribution in [2.45, 2.75) is 0 Å². The number of primary amides is 1. The van der Waals surface area contributed by atoms with Crippen LogP contribution in [0.5, 0.6) is 17.2 Å². The second-order valence-electron chi connectivity index (χ2n) is 6.96. The molecule has 4 N–H and O–H groups in total. The summed E-state index contributed by atoms with van der Waals surface area (Å²) in [5.74, 6) is -0.654. The Kier molecular flexibility index (Phi) is 6.12. The molecule has 0 fully saturated rings. The third kappa shape index (κ3) is 4.24. The minimum Gasteiger partial charge on any atom is -0.493 e. The Morgan fingerprint density at radius 3 is 2.53 bits per heavy atom. The van der Waals surface area contributed by atoms with Crippen molar-refractivity contribution in [3.8, 4) is 22.9 Å². The summed E-state index contributed by atoms with van der Waals surface area (Å²) in [4.78, 5) is 42.9. The number of para-hydroxylation sites is 2. The molecule has 4 aromatic rings. The number of methoxy groups -OCH3 is 2. The molecule has 0 bridgehead atoms. The average Bonchev–Trinajstić information content (AvgIpc) is 3.27. The number of aromatic nitrogens is 4. The third-order valence-corrected chi connectivity index (χ3v) is 4.83. The lowest BCUT2D eigenvalue weighted by molar-refractivity contribution is -0.120. The number of carbonyl (C=O) groups excluding carboxylic acids is 2. The molecular formula is C22H20N6O6. The van der Waals surface area contributed by atoms with Gasteiger partial charge in [0, 0.05) is 5.56 Å². The minimum absolute atomic E-state index is 0.139. The number of rotatable bonds is 8. The summed E-state index contributed by atoms with van der Waals surface area (Å²) < 4.78 is 17.5. The summed E-state index contributed by atoms with van der Waals surface area (Å²) in [6.07, 6.45) is 2.69. The highest BCUT2D eigenvalue weighted by atomic mass is 16.5. The van der Waals surface area contributed by atoms with Gasteiger partial charge in [-0.2, -0.15) is 5.10 Å². The maximum atomic E-state index is 13.1. The van der Waals surface area contributed by atoms with Crippen LogP contribution in [0.25, 0.3) is 16.7 Å². The predicted molar refractivity (Wildman–Crippen MR) is 122 cm³/mol. The largest absolute Gasteiger partial charge is 0.493 e. The van der Waals surface area contributed by atoms with E-state index in [0.29, 0.717) is 22.4 Å². The van der Waals surface area contributed by atoms with Gasteiger partial charge in [-0.1, -0.05) is 12.1 Å². The first-order valence-corrected chi connectivity index (χ1v) is 9.92. The molecule has 0 saturated carbocycles. The van der Waals surface area contributed by atoms with Gasteiger partial charge < -0.3 is 30.2 Å². The SMILES string of the molecule is COc1cc(C(=O)Nc2ccccc2-n2ncc3c(=O)[nH]cnc32)cc(OC)c1OCC(N)=O. The summed E-state index contributed by atoms with van der Waals surface area (Å²) in [6, 6.07) is 9.82. The first-order valence-electron chi connectivity index (χ1n) is 9.92. The molecule has 2 aromatic carbocycles. The van der Waals surface area contributed by atoms with Crippen LogP contribution in [0.3, 0.4) is 0 Å². The molecule has 2 aromatic heterocycles. The summed E-state index contributed by atoms with van der Waals surface area (Å²) in [5.41, 5.74) is 6.29. The van der Waals surface area contributed by atoms with Crippen molar-refractivity contribution in [2.75, 3.05) is 26.1 Å². The molecule has 12 nitrogen and oxygen atoms in total. The Bertz CT molecular complexity index is 1420. The number of hydrogen-bond donors (Lipinski definition) is 3. The highest BCUT2D eigenvalue weighted by molar-refractivity contribution is 6.06. The van der Waals surface area contributed by atoms with Crippen LogP contribution >= 0.6 is 0 Å². The zero-order chi connectivity index (χ0) is 24.2. The summed E-state index contributed by atoms with van der Waals surface area (Å²) >= 11 is 0. The lowest BCUT2D eigenvalue weighted by atomic mass is 10.1. The number of carbonyl (C=O) groups is 2. The van der Waals surface area contributed by atoms with E-state index in [9.17, 15) is 14.4 Å². The number of benzene rings is 2. The average molecular weight is 464 g/mol. The van der Waals surface area contributed by atoms with Crippen LogP contribution < -0.4 is 30.8 Å². The van der Waals surface area contributed by atoms with Crippen molar-refractivity contribution in [3.63, 3.8) is 0 Å². The third-order valence-electron chi connectivity index (χ3n) is 4.83. The molecule has 0 radical (unpaired) electrons. The second kappa shape index (κ2) is 9.32. The molecule has 0 unspecified atom stereocenters. The molecule has 12 heteroatoms. The van der Waals surface area contributed by atoms with Crippen molar-refractivity contribution in [1.29, 1.82) is 0 Å². The van der Waals surface area contributed by atoms with Gasteiger partial charge >= 0.3 is 0 Å². The molecule has 2 heterocycles. The number of fused-ring (bicyclic) bond motifs is 1. The van der Waals surface area contributed by atoms with Gasteiger partial charge in [-0.25, -0.2) is 9.67 Å². The molecule has 0 atom stereocenters. The lowest BCUT2D eigenvalue weighted by Crippen LogP contribution is -2.20. The van der Waals surface area contributed by atoms with Gasteiger partial charge in [0.05, 0.1) is 38.1 Å². The van der Waals surface area contributed by atoms with Crippen LogP contribution in [-0.2, 0) is 4.79 Å². The van der Waals surface area contributed by atoms with Crippen LogP contribution in [0.2, 0.25) is 0 Å². The highest BCUT2D eigenvalue weighted by Gasteiger charge is 2.20. The van der Waals surface area contributed by atoms with E-state index in [-0.39, 0.29) is 35.0 Å². The normalized spacial score (nSPS) is 10.6. The maximum Gasteiger partial charge on any atom is 0.261 e. The number of H-pyrrole nitrogens is 1. The second-order valence-corrected chi connectivity index (χ2v) is 6.96. The predicted octanol–water partition coefficient (Wildman–Crippen LogP) is 1.24. The Hall–Kier alpha value is -4.87. The van der Waals surface area contributed by atoms with Crippen molar-refractivity contribution in [3.05, 3.63) is 64.8 Å². The van der Waals surface area contributed by atoms with Crippen LogP contribution in [0.4, 0.5) is 5.69 Å². The van der Waals surface area contributed by atoms with Crippen LogP contribution in [0.15, 0.2) is 53.7 Å². The first-order chi connectivity index (χ1) is 16.4. The Balaban J connectivity index is 1.69. The highest BCUT2D eigenvalue weighted by Crippen LogP contribution is 2.39. The standard InChI is InChI=1S/C22H20N6O6/c1-32-16-7-12(8-17(33-2)19(16)34-10-18(23)29)21(30)27-14-5-3-4-6-15(14)28-20-13(9-26-28)22(31)25-11-24-20/h3-9,11H,10H2,1-2H3,(H2,23,29)(H,27,30)(H,24,25,31). The van der Waals surface area contributed by atoms with E-state index in [1.165, 1.54) is 43.6 Å². The first kappa shape index (κ1) is 22.3. The number of amides is 2. The van der Waals surface area contributed by atoms with Crippen molar-refractivity contribution in [1.82, 2.24) is 19.7 Å². The summed E-state index contributed by atoms with van der Waals surface area (Å²) in [6.45, 7) is -0.389. The van der Waals surface area contributed by atoms with Crippen molar-refractivity contribution >= 4 is 28.5 Å². The van der Waals surface area contributed by atoms with Gasteiger partial charge in [-0.05, 0) is 24.3 Å². The number of nitrogens with zero attached hydrogens (tertiary/aromatic N) is 3. The quantitative estimate of drug-likeness (QED) is 0.351. The summed E-state index contributed by atoms with van der Waals surface area (Å²) in [5, 5.41) is 7.39. The zero-order valence-corrected chi connectivity index (χ0v) is 18.2.